The minimum absolute atomic E-state index is 0.0796. The van der Waals surface area contributed by atoms with Gasteiger partial charge in [-0.05, 0) is 89.9 Å². The fraction of sp³-hybridized carbons (Fsp3) is 0.766. The van der Waals surface area contributed by atoms with Gasteiger partial charge in [-0.2, -0.15) is 0 Å². The second-order valence-electron chi connectivity index (χ2n) is 19.9. The Morgan fingerprint density at radius 1 is 0.300 bits per heavy atom. The molecule has 0 saturated carbocycles. The molecule has 0 spiro atoms. The van der Waals surface area contributed by atoms with Crippen LogP contribution in [0.5, 0.6) is 0 Å². The maximum absolute atomic E-state index is 12.8. The zero-order chi connectivity index (χ0) is 50.7. The van der Waals surface area contributed by atoms with Gasteiger partial charge in [0.1, 0.15) is 13.2 Å². The van der Waals surface area contributed by atoms with Crippen LogP contribution < -0.4 is 0 Å². The monoisotopic (exact) mass is 977 g/mol. The van der Waals surface area contributed by atoms with Crippen molar-refractivity contribution in [3.63, 3.8) is 0 Å². The van der Waals surface area contributed by atoms with Crippen molar-refractivity contribution < 1.29 is 28.6 Å². The third-order valence-corrected chi connectivity index (χ3v) is 12.9. The van der Waals surface area contributed by atoms with Crippen molar-refractivity contribution in [2.45, 2.75) is 303 Å². The smallest absolute Gasteiger partial charge is 0.306 e. The van der Waals surface area contributed by atoms with Crippen LogP contribution in [0.2, 0.25) is 0 Å². The van der Waals surface area contributed by atoms with Crippen molar-refractivity contribution in [2.75, 3.05) is 13.2 Å². The van der Waals surface area contributed by atoms with Gasteiger partial charge in [-0.1, -0.05) is 261 Å². The number of allylic oxidation sites excluding steroid dienone is 12. The lowest BCUT2D eigenvalue weighted by Crippen LogP contribution is -2.30. The molecule has 0 fully saturated rings. The third-order valence-electron chi connectivity index (χ3n) is 12.9. The highest BCUT2D eigenvalue weighted by Crippen LogP contribution is 2.16. The first kappa shape index (κ1) is 66.9. The average Bonchev–Trinajstić information content (AvgIpc) is 3.36. The van der Waals surface area contributed by atoms with Crippen LogP contribution in [-0.2, 0) is 28.6 Å². The molecule has 1 unspecified atom stereocenters. The van der Waals surface area contributed by atoms with Crippen LogP contribution in [0.4, 0.5) is 0 Å². The van der Waals surface area contributed by atoms with Gasteiger partial charge in [0.25, 0.3) is 0 Å². The summed E-state index contributed by atoms with van der Waals surface area (Å²) >= 11 is 0. The molecular weight excluding hydrogens is 865 g/mol. The average molecular weight is 978 g/mol. The van der Waals surface area contributed by atoms with Gasteiger partial charge in [-0.15, -0.1) is 0 Å². The Bertz CT molecular complexity index is 1310. The highest BCUT2D eigenvalue weighted by atomic mass is 16.6. The largest absolute Gasteiger partial charge is 0.462 e. The van der Waals surface area contributed by atoms with Gasteiger partial charge in [0, 0.05) is 19.3 Å². The van der Waals surface area contributed by atoms with Crippen molar-refractivity contribution in [2.24, 2.45) is 0 Å². The van der Waals surface area contributed by atoms with Crippen molar-refractivity contribution in [3.8, 4) is 0 Å². The Morgan fingerprint density at radius 3 is 0.871 bits per heavy atom. The van der Waals surface area contributed by atoms with E-state index in [2.05, 4.69) is 93.7 Å². The standard InChI is InChI=1S/C64H112O6/c1-4-7-10-13-16-19-21-23-25-27-29-30-31-32-33-34-36-37-39-41-43-45-48-51-54-57-63(66)69-60-61(59-68-62(65)56-53-50-47-18-15-12-9-6-3)70-64(67)58-55-52-49-46-44-42-40-38-35-28-26-24-22-20-17-14-11-8-5-2/h8,11,17,20-21,23-24,26-27,29,35,38,61H,4-7,9-10,12-16,18-19,22,25,28,30-34,36-37,39-60H2,1-3H3/b11-8-,20-17-,23-21-,26-24-,29-27-,38-35-. The molecule has 0 aliphatic rings. The predicted molar refractivity (Wildman–Crippen MR) is 302 cm³/mol. The van der Waals surface area contributed by atoms with Gasteiger partial charge in [0.05, 0.1) is 0 Å². The molecule has 0 saturated heterocycles. The van der Waals surface area contributed by atoms with Crippen LogP contribution in [0.25, 0.3) is 0 Å². The van der Waals surface area contributed by atoms with Crippen LogP contribution in [-0.4, -0.2) is 37.2 Å². The molecule has 0 aliphatic carbocycles. The predicted octanol–water partition coefficient (Wildman–Crippen LogP) is 20.2. The molecule has 0 rings (SSSR count). The van der Waals surface area contributed by atoms with Gasteiger partial charge in [0.15, 0.2) is 6.10 Å². The Kier molecular flexibility index (Phi) is 55.8. The molecular formula is C64H112O6. The van der Waals surface area contributed by atoms with Crippen LogP contribution in [0.1, 0.15) is 297 Å². The number of rotatable bonds is 54. The lowest BCUT2D eigenvalue weighted by molar-refractivity contribution is -0.167. The number of hydrogen-bond acceptors (Lipinski definition) is 6. The fourth-order valence-corrected chi connectivity index (χ4v) is 8.47. The second-order valence-corrected chi connectivity index (χ2v) is 19.9. The molecule has 0 aliphatic heterocycles. The van der Waals surface area contributed by atoms with Crippen molar-refractivity contribution in [1.82, 2.24) is 0 Å². The Morgan fingerprint density at radius 2 is 0.557 bits per heavy atom. The highest BCUT2D eigenvalue weighted by molar-refractivity contribution is 5.71. The summed E-state index contributed by atoms with van der Waals surface area (Å²) in [6.07, 6.45) is 74.9. The van der Waals surface area contributed by atoms with Crippen molar-refractivity contribution in [3.05, 3.63) is 72.9 Å². The quantitative estimate of drug-likeness (QED) is 0.0261. The third kappa shape index (κ3) is 55.8. The molecule has 0 bridgehead atoms. The molecule has 404 valence electrons. The van der Waals surface area contributed by atoms with Crippen LogP contribution in [0.15, 0.2) is 72.9 Å². The van der Waals surface area contributed by atoms with Gasteiger partial charge in [0.2, 0.25) is 0 Å². The summed E-state index contributed by atoms with van der Waals surface area (Å²) in [5.41, 5.74) is 0. The Labute approximate surface area is 433 Å². The topological polar surface area (TPSA) is 78.9 Å². The first-order chi connectivity index (χ1) is 34.5. The molecule has 0 heterocycles. The zero-order valence-electron chi connectivity index (χ0n) is 46.3. The fourth-order valence-electron chi connectivity index (χ4n) is 8.47. The van der Waals surface area contributed by atoms with Crippen LogP contribution in [0.3, 0.4) is 0 Å². The number of carbonyl (C=O) groups is 3. The Balaban J connectivity index is 4.20. The normalized spacial score (nSPS) is 12.6. The molecule has 0 amide bonds. The van der Waals surface area contributed by atoms with E-state index in [1.54, 1.807) is 0 Å². The molecule has 6 nitrogen and oxygen atoms in total. The molecule has 6 heteroatoms. The number of unbranched alkanes of at least 4 members (excludes halogenated alkanes) is 31. The Hall–Kier alpha value is -3.15. The van der Waals surface area contributed by atoms with E-state index in [9.17, 15) is 14.4 Å². The molecule has 70 heavy (non-hydrogen) atoms. The summed E-state index contributed by atoms with van der Waals surface area (Å²) in [5.74, 6) is -0.889. The summed E-state index contributed by atoms with van der Waals surface area (Å²) in [6, 6.07) is 0. The first-order valence-electron chi connectivity index (χ1n) is 29.9. The van der Waals surface area contributed by atoms with Crippen molar-refractivity contribution >= 4 is 17.9 Å². The minimum Gasteiger partial charge on any atom is -0.462 e. The molecule has 0 aromatic carbocycles. The first-order valence-corrected chi connectivity index (χ1v) is 29.9. The van der Waals surface area contributed by atoms with E-state index in [1.807, 2.05) is 0 Å². The van der Waals surface area contributed by atoms with E-state index in [-0.39, 0.29) is 31.1 Å². The molecule has 0 aromatic heterocycles. The second kappa shape index (κ2) is 58.4. The van der Waals surface area contributed by atoms with Gasteiger partial charge in [-0.25, -0.2) is 0 Å². The van der Waals surface area contributed by atoms with Gasteiger partial charge < -0.3 is 14.2 Å². The minimum atomic E-state index is -0.781. The van der Waals surface area contributed by atoms with Gasteiger partial charge in [-0.3, -0.25) is 14.4 Å². The molecule has 0 radical (unpaired) electrons. The summed E-state index contributed by atoms with van der Waals surface area (Å²) < 4.78 is 16.8. The number of hydrogen-bond donors (Lipinski definition) is 0. The number of carbonyl (C=O) groups excluding carboxylic acids is 3. The van der Waals surface area contributed by atoms with E-state index in [0.717, 1.165) is 103 Å². The number of esters is 3. The SMILES string of the molecule is CC/C=C\C/C=C\C/C=C\C/C=C\CCCCCCCCC(=O)OC(COC(=O)CCCCCCCCCC)COC(=O)CCCCCCCCCCCCCCC/C=C\C/C=C\CCCCCCC. The highest BCUT2D eigenvalue weighted by Gasteiger charge is 2.19. The lowest BCUT2D eigenvalue weighted by atomic mass is 10.0. The summed E-state index contributed by atoms with van der Waals surface area (Å²) in [5, 5.41) is 0. The van der Waals surface area contributed by atoms with Gasteiger partial charge >= 0.3 is 17.9 Å². The van der Waals surface area contributed by atoms with E-state index in [0.29, 0.717) is 19.3 Å². The van der Waals surface area contributed by atoms with E-state index >= 15 is 0 Å². The lowest BCUT2D eigenvalue weighted by Gasteiger charge is -2.18. The van der Waals surface area contributed by atoms with Crippen molar-refractivity contribution in [1.29, 1.82) is 0 Å². The maximum atomic E-state index is 12.8. The van der Waals surface area contributed by atoms with Crippen LogP contribution >= 0.6 is 0 Å². The molecule has 0 N–H and O–H groups in total. The molecule has 1 atom stereocenters. The van der Waals surface area contributed by atoms with E-state index in [1.165, 1.54) is 154 Å². The van der Waals surface area contributed by atoms with E-state index < -0.39 is 6.10 Å². The maximum Gasteiger partial charge on any atom is 0.306 e. The summed E-state index contributed by atoms with van der Waals surface area (Å²) in [4.78, 5) is 38.0. The number of ether oxygens (including phenoxy) is 3. The zero-order valence-corrected chi connectivity index (χ0v) is 46.3. The van der Waals surface area contributed by atoms with Crippen LogP contribution in [0, 0.1) is 0 Å². The van der Waals surface area contributed by atoms with E-state index in [4.69, 9.17) is 14.2 Å². The summed E-state index contributed by atoms with van der Waals surface area (Å²) in [6.45, 7) is 6.50. The summed E-state index contributed by atoms with van der Waals surface area (Å²) in [7, 11) is 0. The molecule has 0 aromatic rings.